The number of anilines is 2. The topological polar surface area (TPSA) is 110 Å². The molecule has 0 atom stereocenters. The van der Waals surface area contributed by atoms with Gasteiger partial charge in [0.25, 0.3) is 10.0 Å². The predicted octanol–water partition coefficient (Wildman–Crippen LogP) is 5.58. The van der Waals surface area contributed by atoms with E-state index in [2.05, 4.69) is 49.8 Å². The van der Waals surface area contributed by atoms with E-state index in [1.54, 1.807) is 32.0 Å². The first-order valence-electron chi connectivity index (χ1n) is 11.2. The number of benzene rings is 2. The van der Waals surface area contributed by atoms with E-state index in [0.717, 1.165) is 10.2 Å². The van der Waals surface area contributed by atoms with Crippen LogP contribution in [0.3, 0.4) is 0 Å². The summed E-state index contributed by atoms with van der Waals surface area (Å²) in [5.41, 5.74) is 3.05. The van der Waals surface area contributed by atoms with Crippen LogP contribution in [0, 0.1) is 13.8 Å². The molecule has 2 N–H and O–H groups in total. The molecule has 1 amide bonds. The number of nitrogens with one attached hydrogen (secondary N) is 2. The van der Waals surface area contributed by atoms with Crippen LogP contribution in [-0.4, -0.2) is 30.9 Å². The third-order valence-electron chi connectivity index (χ3n) is 5.08. The minimum absolute atomic E-state index is 0.0185. The fraction of sp³-hybridized carbons (Fsp3) is 0.320. The molecule has 0 aliphatic heterocycles. The summed E-state index contributed by atoms with van der Waals surface area (Å²) in [7, 11) is -3.86. The molecule has 8 nitrogen and oxygen atoms in total. The molecule has 0 fully saturated rings. The molecule has 2 aromatic carbocycles. The lowest BCUT2D eigenvalue weighted by Crippen LogP contribution is -2.16. The number of nitrogens with zero attached hydrogens (tertiary/aromatic N) is 2. The Kier molecular flexibility index (Phi) is 8.85. The Bertz CT molecular complexity index is 1280. The molecule has 186 valence electrons. The molecule has 0 unspecified atom stereocenters. The van der Waals surface area contributed by atoms with Crippen molar-refractivity contribution in [2.24, 2.45) is 0 Å². The van der Waals surface area contributed by atoms with Gasteiger partial charge in [-0.25, -0.2) is 23.1 Å². The van der Waals surface area contributed by atoms with Gasteiger partial charge in [-0.05, 0) is 90.1 Å². The van der Waals surface area contributed by atoms with Gasteiger partial charge in [0, 0.05) is 23.5 Å². The van der Waals surface area contributed by atoms with Crippen LogP contribution in [0.1, 0.15) is 49.6 Å². The second kappa shape index (κ2) is 11.6. The van der Waals surface area contributed by atoms with Crippen molar-refractivity contribution in [1.29, 1.82) is 0 Å². The third kappa shape index (κ3) is 7.76. The Morgan fingerprint density at radius 2 is 1.69 bits per heavy atom. The lowest BCUT2D eigenvalue weighted by Gasteiger charge is -2.12. The molecule has 3 aromatic rings. The average molecular weight is 562 g/mol. The van der Waals surface area contributed by atoms with Crippen LogP contribution in [0.4, 0.5) is 11.6 Å². The first kappa shape index (κ1) is 26.6. The Morgan fingerprint density at radius 3 is 2.29 bits per heavy atom. The number of carbonyl (C=O) groups excluding carboxylic acids is 1. The highest BCUT2D eigenvalue weighted by molar-refractivity contribution is 9.10. The normalized spacial score (nSPS) is 11.4. The van der Waals surface area contributed by atoms with E-state index in [1.165, 1.54) is 17.7 Å². The fourth-order valence-electron chi connectivity index (χ4n) is 3.30. The van der Waals surface area contributed by atoms with Crippen molar-refractivity contribution in [1.82, 2.24) is 9.97 Å². The van der Waals surface area contributed by atoms with Gasteiger partial charge in [-0.3, -0.25) is 4.79 Å². The zero-order chi connectivity index (χ0) is 25.6. The second-order valence-electron chi connectivity index (χ2n) is 8.45. The molecule has 0 saturated heterocycles. The van der Waals surface area contributed by atoms with E-state index < -0.39 is 10.0 Å². The predicted molar refractivity (Wildman–Crippen MR) is 140 cm³/mol. The molecule has 0 saturated carbocycles. The summed E-state index contributed by atoms with van der Waals surface area (Å²) in [6, 6.07) is 13.7. The number of aromatic nitrogens is 2. The summed E-state index contributed by atoms with van der Waals surface area (Å²) in [5.74, 6) is 1.01. The van der Waals surface area contributed by atoms with Crippen molar-refractivity contribution >= 4 is 43.5 Å². The number of ether oxygens (including phenoxy) is 1. The minimum Gasteiger partial charge on any atom is -0.492 e. The van der Waals surface area contributed by atoms with Gasteiger partial charge in [-0.1, -0.05) is 19.9 Å². The van der Waals surface area contributed by atoms with Gasteiger partial charge >= 0.3 is 0 Å². The lowest BCUT2D eigenvalue weighted by molar-refractivity contribution is -0.116. The smallest absolute Gasteiger partial charge is 0.264 e. The molecule has 1 aromatic heterocycles. The molecule has 0 bridgehead atoms. The summed E-state index contributed by atoms with van der Waals surface area (Å²) in [6.45, 7) is 8.19. The van der Waals surface area contributed by atoms with Gasteiger partial charge in [0.1, 0.15) is 5.75 Å². The number of hydrogen-bond acceptors (Lipinski definition) is 6. The summed E-state index contributed by atoms with van der Waals surface area (Å²) in [6.07, 6.45) is 0.809. The van der Waals surface area contributed by atoms with Gasteiger partial charge in [-0.15, -0.1) is 0 Å². The first-order chi connectivity index (χ1) is 16.5. The first-order valence-corrected chi connectivity index (χ1v) is 13.5. The number of hydrogen-bond donors (Lipinski definition) is 2. The third-order valence-corrected chi connectivity index (χ3v) is 7.05. The molecule has 10 heteroatoms. The highest BCUT2D eigenvalue weighted by Crippen LogP contribution is 2.29. The maximum absolute atomic E-state index is 12.6. The lowest BCUT2D eigenvalue weighted by atomic mass is 10.0. The highest BCUT2D eigenvalue weighted by Gasteiger charge is 2.16. The summed E-state index contributed by atoms with van der Waals surface area (Å²) in [4.78, 5) is 20.5. The van der Waals surface area contributed by atoms with Crippen molar-refractivity contribution in [2.75, 3.05) is 16.6 Å². The molecule has 0 aliphatic carbocycles. The van der Waals surface area contributed by atoms with Crippen LogP contribution >= 0.6 is 15.9 Å². The van der Waals surface area contributed by atoms with Crippen molar-refractivity contribution in [3.63, 3.8) is 0 Å². The van der Waals surface area contributed by atoms with Crippen LogP contribution in [-0.2, 0) is 14.8 Å². The van der Waals surface area contributed by atoms with E-state index >= 15 is 0 Å². The number of halogens is 1. The molecule has 35 heavy (non-hydrogen) atoms. The number of sulfonamides is 1. The molecule has 0 spiro atoms. The largest absolute Gasteiger partial charge is 0.492 e. The van der Waals surface area contributed by atoms with Gasteiger partial charge in [0.05, 0.1) is 16.0 Å². The molecule has 0 aliphatic rings. The monoisotopic (exact) mass is 560 g/mol. The molecular formula is C25H29BrN4O4S. The van der Waals surface area contributed by atoms with Crippen molar-refractivity contribution < 1.29 is 17.9 Å². The van der Waals surface area contributed by atoms with Gasteiger partial charge < -0.3 is 10.1 Å². The van der Waals surface area contributed by atoms with Gasteiger partial charge in [0.2, 0.25) is 11.9 Å². The van der Waals surface area contributed by atoms with Crippen molar-refractivity contribution in [3.8, 4) is 5.75 Å². The number of carbonyl (C=O) groups is 1. The van der Waals surface area contributed by atoms with Gasteiger partial charge in [-0.2, -0.15) is 0 Å². The molecule has 0 radical (unpaired) electrons. The fourth-order valence-corrected chi connectivity index (χ4v) is 4.75. The van der Waals surface area contributed by atoms with Crippen LogP contribution in [0.5, 0.6) is 5.75 Å². The van der Waals surface area contributed by atoms with Crippen LogP contribution < -0.4 is 14.8 Å². The Labute approximate surface area is 214 Å². The van der Waals surface area contributed by atoms with Crippen LogP contribution in [0.2, 0.25) is 0 Å². The van der Waals surface area contributed by atoms with E-state index in [-0.39, 0.29) is 23.2 Å². The Morgan fingerprint density at radius 1 is 1.03 bits per heavy atom. The number of aryl methyl sites for hydroxylation is 2. The summed E-state index contributed by atoms with van der Waals surface area (Å²) in [5, 5.41) is 2.77. The van der Waals surface area contributed by atoms with E-state index in [1.807, 2.05) is 18.2 Å². The van der Waals surface area contributed by atoms with Crippen molar-refractivity contribution in [2.45, 2.75) is 51.3 Å². The van der Waals surface area contributed by atoms with Crippen LogP contribution in [0.25, 0.3) is 0 Å². The Balaban J connectivity index is 1.49. The molecule has 1 heterocycles. The van der Waals surface area contributed by atoms with Gasteiger partial charge in [0.15, 0.2) is 0 Å². The minimum atomic E-state index is -3.86. The van der Waals surface area contributed by atoms with E-state index in [9.17, 15) is 13.2 Å². The number of rotatable bonds is 10. The zero-order valence-electron chi connectivity index (χ0n) is 20.1. The molecular weight excluding hydrogens is 532 g/mol. The highest BCUT2D eigenvalue weighted by atomic mass is 79.9. The summed E-state index contributed by atoms with van der Waals surface area (Å²) >= 11 is 3.53. The Hall–Kier alpha value is -2.98. The number of amides is 1. The maximum atomic E-state index is 12.6. The van der Waals surface area contributed by atoms with E-state index in [4.69, 9.17) is 4.74 Å². The van der Waals surface area contributed by atoms with Crippen molar-refractivity contribution in [3.05, 3.63) is 70.0 Å². The quantitative estimate of drug-likeness (QED) is 0.313. The standard InChI is InChI=1S/C25H29BrN4O4S/c1-16(2)19-7-12-23(22(26)15-19)34-13-5-6-24(31)29-20-8-10-21(11-9-20)35(32,33)30-25-27-17(3)14-18(4)28-25/h7-12,14-16H,5-6,13H2,1-4H3,(H,29,31)(H,27,28,30). The summed E-state index contributed by atoms with van der Waals surface area (Å²) < 4.78 is 34.3. The maximum Gasteiger partial charge on any atom is 0.264 e. The van der Waals surface area contributed by atoms with E-state index in [0.29, 0.717) is 36.0 Å². The molecule has 3 rings (SSSR count). The second-order valence-corrected chi connectivity index (χ2v) is 11.0. The zero-order valence-corrected chi connectivity index (χ0v) is 22.5. The SMILES string of the molecule is Cc1cc(C)nc(NS(=O)(=O)c2ccc(NC(=O)CCCOc3ccc(C(C)C)cc3Br)cc2)n1. The average Bonchev–Trinajstić information content (AvgIpc) is 2.76. The van der Waals surface area contributed by atoms with Crippen LogP contribution in [0.15, 0.2) is 57.9 Å².